The molecule has 2 aliphatic carbocycles. The molecule has 1 fully saturated rings. The van der Waals surface area contributed by atoms with E-state index in [1.165, 1.54) is 30.5 Å². The van der Waals surface area contributed by atoms with Gasteiger partial charge in [-0.3, -0.25) is 14.5 Å². The minimum atomic E-state index is -3.80. The van der Waals surface area contributed by atoms with Crippen LogP contribution in [0, 0.1) is 17.6 Å². The Balaban J connectivity index is 1.34. The summed E-state index contributed by atoms with van der Waals surface area (Å²) in [7, 11) is -3.80. The highest BCUT2D eigenvalue weighted by Crippen LogP contribution is 2.68. The lowest BCUT2D eigenvalue weighted by molar-refractivity contribution is -0.123. The molecule has 0 aliphatic heterocycles. The van der Waals surface area contributed by atoms with Crippen LogP contribution >= 0.6 is 0 Å². The number of hydrogen-bond acceptors (Lipinski definition) is 5. The van der Waals surface area contributed by atoms with Gasteiger partial charge < -0.3 is 5.32 Å². The topological polar surface area (TPSA) is 106 Å². The number of rotatable bonds is 11. The van der Waals surface area contributed by atoms with Crippen molar-refractivity contribution in [3.05, 3.63) is 101 Å². The number of nitrogens with one attached hydrogen (secondary N) is 2. The summed E-state index contributed by atoms with van der Waals surface area (Å²) >= 11 is 0. The van der Waals surface area contributed by atoms with Gasteiger partial charge in [0, 0.05) is 35.3 Å². The Labute approximate surface area is 266 Å². The van der Waals surface area contributed by atoms with Gasteiger partial charge >= 0.3 is 0 Å². The van der Waals surface area contributed by atoms with Gasteiger partial charge in [-0.25, -0.2) is 30.7 Å². The van der Waals surface area contributed by atoms with Crippen LogP contribution in [0.25, 0.3) is 11.1 Å². The number of fused-ring (bicyclic) bond motifs is 3. The van der Waals surface area contributed by atoms with E-state index in [1.807, 2.05) is 0 Å². The molecule has 248 valence electrons. The highest BCUT2D eigenvalue weighted by atomic mass is 32.2. The van der Waals surface area contributed by atoms with E-state index in [0.29, 0.717) is 21.9 Å². The van der Waals surface area contributed by atoms with Crippen molar-refractivity contribution in [2.45, 2.75) is 68.5 Å². The fraction of sp³-hybridized carbons (Fsp3) is 0.344. The van der Waals surface area contributed by atoms with E-state index < -0.39 is 75.7 Å². The molecule has 0 saturated heterocycles. The maximum absolute atomic E-state index is 15.1. The summed E-state index contributed by atoms with van der Waals surface area (Å²) in [5.74, 6) is -7.91. The van der Waals surface area contributed by atoms with Gasteiger partial charge in [-0.15, -0.1) is 0 Å². The summed E-state index contributed by atoms with van der Waals surface area (Å²) in [4.78, 5) is 17.9. The first-order valence-electron chi connectivity index (χ1n) is 14.7. The van der Waals surface area contributed by atoms with Gasteiger partial charge in [-0.2, -0.15) is 13.9 Å². The summed E-state index contributed by atoms with van der Waals surface area (Å²) in [6.07, 6.45) is -1.84. The quantitative estimate of drug-likeness (QED) is 0.185. The first kappa shape index (κ1) is 32.7. The average molecular weight is 678 g/mol. The molecule has 8 nitrogen and oxygen atoms in total. The molecule has 4 aromatic rings. The standard InChI is InChI=1S/C32H29F6N5O3S/c1-16(2)42-47(45,46)21-7-5-18(6-8-21)22-4-3-9-39-28(22)25(12-17-10-19(33)13-20(34)11-17)40-26(44)15-43-30-27(29(41-43)31(35)36)23-14-24(23)32(30,37)38/h3-11,13,16,23-25,31,42H,12,14-15H2,1-2H3,(H,40,44)/t23?,24?,25-/m0/s1. The number of hydrogen-bond donors (Lipinski definition) is 2. The third-order valence-electron chi connectivity index (χ3n) is 8.19. The zero-order valence-electron chi connectivity index (χ0n) is 25.0. The second-order valence-electron chi connectivity index (χ2n) is 12.0. The van der Waals surface area contributed by atoms with Gasteiger partial charge in [0.25, 0.3) is 12.3 Å². The second-order valence-corrected chi connectivity index (χ2v) is 13.7. The molecule has 0 bridgehead atoms. The highest BCUT2D eigenvalue weighted by molar-refractivity contribution is 7.89. The van der Waals surface area contributed by atoms with Gasteiger partial charge in [-0.05, 0) is 74.1 Å². The fourth-order valence-corrected chi connectivity index (χ4v) is 7.52. The minimum Gasteiger partial charge on any atom is -0.346 e. The smallest absolute Gasteiger partial charge is 0.293 e. The Hall–Kier alpha value is -4.24. The molecule has 2 unspecified atom stereocenters. The largest absolute Gasteiger partial charge is 0.346 e. The summed E-state index contributed by atoms with van der Waals surface area (Å²) in [6.45, 7) is 2.53. The monoisotopic (exact) mass is 677 g/mol. The minimum absolute atomic E-state index is 0.00448. The molecule has 2 heterocycles. The van der Waals surface area contributed by atoms with Crippen LogP contribution in [0.5, 0.6) is 0 Å². The van der Waals surface area contributed by atoms with Crippen LogP contribution in [0.15, 0.2) is 65.7 Å². The van der Waals surface area contributed by atoms with Crippen molar-refractivity contribution < 1.29 is 39.6 Å². The second kappa shape index (κ2) is 12.1. The van der Waals surface area contributed by atoms with E-state index in [1.54, 1.807) is 26.0 Å². The van der Waals surface area contributed by atoms with Crippen LogP contribution in [-0.2, 0) is 33.7 Å². The molecule has 15 heteroatoms. The zero-order valence-corrected chi connectivity index (χ0v) is 25.8. The average Bonchev–Trinajstić information content (AvgIpc) is 3.64. The lowest BCUT2D eigenvalue weighted by Crippen LogP contribution is -2.35. The molecule has 3 atom stereocenters. The first-order valence-corrected chi connectivity index (χ1v) is 16.2. The van der Waals surface area contributed by atoms with Gasteiger partial charge in [0.2, 0.25) is 15.9 Å². The number of carbonyl (C=O) groups is 1. The number of amides is 1. The number of alkyl halides is 4. The van der Waals surface area contributed by atoms with E-state index in [2.05, 4.69) is 20.1 Å². The molecular weight excluding hydrogens is 648 g/mol. The van der Waals surface area contributed by atoms with Gasteiger partial charge in [0.15, 0.2) is 0 Å². The number of aromatic nitrogens is 3. The SMILES string of the molecule is CC(C)NS(=O)(=O)c1ccc(-c2cccnc2[C@H](Cc2cc(F)cc(F)c2)NC(=O)Cn2nc(C(F)F)c3c2C(F)(F)C2CC32)cc1. The third-order valence-corrected chi connectivity index (χ3v) is 9.87. The normalized spacial score (nSPS) is 18.7. The molecular formula is C32H29F6N5O3S. The lowest BCUT2D eigenvalue weighted by atomic mass is 9.95. The maximum atomic E-state index is 15.1. The maximum Gasteiger partial charge on any atom is 0.293 e. The van der Waals surface area contributed by atoms with Gasteiger partial charge in [0.1, 0.15) is 29.6 Å². The number of carbonyl (C=O) groups excluding carboxylic acids is 1. The van der Waals surface area contributed by atoms with Crippen molar-refractivity contribution in [1.82, 2.24) is 24.8 Å². The van der Waals surface area contributed by atoms with Gasteiger partial charge in [-0.1, -0.05) is 18.2 Å². The van der Waals surface area contributed by atoms with Crippen molar-refractivity contribution in [2.24, 2.45) is 5.92 Å². The molecule has 2 aromatic heterocycles. The van der Waals surface area contributed by atoms with Crippen LogP contribution in [-0.4, -0.2) is 35.1 Å². The third kappa shape index (κ3) is 6.38. The number of pyridine rings is 1. The van der Waals surface area contributed by atoms with Crippen molar-refractivity contribution in [1.29, 1.82) is 0 Å². The summed E-state index contributed by atoms with van der Waals surface area (Å²) < 4.78 is 114. The van der Waals surface area contributed by atoms with Crippen molar-refractivity contribution in [3.8, 4) is 11.1 Å². The van der Waals surface area contributed by atoms with Crippen LogP contribution in [0.4, 0.5) is 26.3 Å². The summed E-state index contributed by atoms with van der Waals surface area (Å²) in [6, 6.07) is 10.4. The number of halogens is 6. The van der Waals surface area contributed by atoms with E-state index in [-0.39, 0.29) is 40.6 Å². The van der Waals surface area contributed by atoms with Gasteiger partial charge in [0.05, 0.1) is 16.6 Å². The molecule has 6 rings (SSSR count). The molecule has 1 amide bonds. The van der Waals surface area contributed by atoms with Crippen LogP contribution in [0.1, 0.15) is 66.9 Å². The van der Waals surface area contributed by atoms with E-state index in [4.69, 9.17) is 0 Å². The molecule has 0 spiro atoms. The van der Waals surface area contributed by atoms with Crippen LogP contribution in [0.2, 0.25) is 0 Å². The lowest BCUT2D eigenvalue weighted by Gasteiger charge is -2.22. The van der Waals surface area contributed by atoms with Crippen molar-refractivity contribution in [3.63, 3.8) is 0 Å². The van der Waals surface area contributed by atoms with E-state index in [9.17, 15) is 30.8 Å². The predicted molar refractivity (Wildman–Crippen MR) is 158 cm³/mol. The van der Waals surface area contributed by atoms with E-state index >= 15 is 8.78 Å². The number of sulfonamides is 1. The molecule has 2 N–H and O–H groups in total. The Morgan fingerprint density at radius 3 is 2.36 bits per heavy atom. The zero-order chi connectivity index (χ0) is 33.8. The van der Waals surface area contributed by atoms with Crippen LogP contribution < -0.4 is 10.0 Å². The Bertz CT molecular complexity index is 1930. The van der Waals surface area contributed by atoms with Crippen molar-refractivity contribution >= 4 is 15.9 Å². The molecule has 2 aliphatic rings. The Kier molecular flexibility index (Phi) is 8.41. The summed E-state index contributed by atoms with van der Waals surface area (Å²) in [5.41, 5.74) is -0.410. The molecule has 0 radical (unpaired) electrons. The first-order chi connectivity index (χ1) is 22.2. The number of nitrogens with zero attached hydrogens (tertiary/aromatic N) is 3. The van der Waals surface area contributed by atoms with E-state index in [0.717, 1.165) is 12.1 Å². The molecule has 2 aromatic carbocycles. The Morgan fingerprint density at radius 2 is 1.72 bits per heavy atom. The summed E-state index contributed by atoms with van der Waals surface area (Å²) in [5, 5.41) is 6.37. The fourth-order valence-electron chi connectivity index (χ4n) is 6.27. The molecule has 1 saturated carbocycles. The highest BCUT2D eigenvalue weighted by Gasteiger charge is 2.67. The predicted octanol–water partition coefficient (Wildman–Crippen LogP) is 6.16. The van der Waals surface area contributed by atoms with Crippen molar-refractivity contribution in [2.75, 3.05) is 0 Å². The molecule has 47 heavy (non-hydrogen) atoms. The number of benzene rings is 2. The van der Waals surface area contributed by atoms with Crippen LogP contribution in [0.3, 0.4) is 0 Å². The Morgan fingerprint density at radius 1 is 1.04 bits per heavy atom.